The van der Waals surface area contributed by atoms with Gasteiger partial charge in [0.1, 0.15) is 0 Å². The van der Waals surface area contributed by atoms with Crippen LogP contribution in [-0.4, -0.2) is 12.6 Å². The molecule has 0 aromatic carbocycles. The molecule has 0 amide bonds. The first-order chi connectivity index (χ1) is 8.24. The van der Waals surface area contributed by atoms with Crippen LogP contribution in [0.1, 0.15) is 78.6 Å². The summed E-state index contributed by atoms with van der Waals surface area (Å²) in [4.78, 5) is 0. The monoisotopic (exact) mass is 239 g/mol. The van der Waals surface area contributed by atoms with Gasteiger partial charge < -0.3 is 5.32 Å². The van der Waals surface area contributed by atoms with E-state index < -0.39 is 0 Å². The SMILES string of the molecule is CCCCCCCCC1CCC1CNC(C)C. The Labute approximate surface area is 109 Å². The minimum absolute atomic E-state index is 0.658. The molecule has 1 saturated carbocycles. The second-order valence-corrected chi connectivity index (χ2v) is 6.22. The Bertz CT molecular complexity index is 176. The first-order valence-electron chi connectivity index (χ1n) is 7.97. The van der Waals surface area contributed by atoms with E-state index in [4.69, 9.17) is 0 Å². The van der Waals surface area contributed by atoms with E-state index in [2.05, 4.69) is 26.1 Å². The van der Waals surface area contributed by atoms with Crippen LogP contribution in [0.2, 0.25) is 0 Å². The molecule has 0 aliphatic heterocycles. The van der Waals surface area contributed by atoms with E-state index in [0.717, 1.165) is 11.8 Å². The van der Waals surface area contributed by atoms with Gasteiger partial charge >= 0.3 is 0 Å². The van der Waals surface area contributed by atoms with Crippen molar-refractivity contribution in [2.75, 3.05) is 6.54 Å². The zero-order valence-corrected chi connectivity index (χ0v) is 12.3. The molecule has 0 heterocycles. The molecule has 0 bridgehead atoms. The third-order valence-electron chi connectivity index (χ3n) is 4.29. The Balaban J connectivity index is 1.93. The second kappa shape index (κ2) is 8.97. The maximum atomic E-state index is 3.60. The van der Waals surface area contributed by atoms with Gasteiger partial charge in [0.25, 0.3) is 0 Å². The molecule has 0 saturated heterocycles. The van der Waals surface area contributed by atoms with E-state index in [-0.39, 0.29) is 0 Å². The standard InChI is InChI=1S/C16H33N/c1-4-5-6-7-8-9-10-15-11-12-16(15)13-17-14(2)3/h14-17H,4-13H2,1-3H3. The Morgan fingerprint density at radius 1 is 0.941 bits per heavy atom. The smallest absolute Gasteiger partial charge is 0.00104 e. The van der Waals surface area contributed by atoms with E-state index in [1.807, 2.05) is 0 Å². The van der Waals surface area contributed by atoms with Crippen molar-refractivity contribution in [2.45, 2.75) is 84.6 Å². The van der Waals surface area contributed by atoms with Crippen molar-refractivity contribution in [3.63, 3.8) is 0 Å². The van der Waals surface area contributed by atoms with E-state index >= 15 is 0 Å². The maximum absolute atomic E-state index is 3.60. The number of unbranched alkanes of at least 4 members (excludes halogenated alkanes) is 5. The van der Waals surface area contributed by atoms with Crippen LogP contribution < -0.4 is 5.32 Å². The van der Waals surface area contributed by atoms with Gasteiger partial charge in [-0.05, 0) is 31.2 Å². The van der Waals surface area contributed by atoms with Gasteiger partial charge in [-0.1, -0.05) is 65.7 Å². The lowest BCUT2D eigenvalue weighted by molar-refractivity contribution is 0.153. The summed E-state index contributed by atoms with van der Waals surface area (Å²) in [6, 6.07) is 0.658. The van der Waals surface area contributed by atoms with Crippen molar-refractivity contribution in [1.29, 1.82) is 0 Å². The molecule has 2 unspecified atom stereocenters. The molecule has 102 valence electrons. The quantitative estimate of drug-likeness (QED) is 0.542. The number of nitrogens with one attached hydrogen (secondary N) is 1. The summed E-state index contributed by atoms with van der Waals surface area (Å²) in [6.45, 7) is 8.06. The molecule has 1 N–H and O–H groups in total. The second-order valence-electron chi connectivity index (χ2n) is 6.22. The van der Waals surface area contributed by atoms with E-state index in [1.165, 1.54) is 64.3 Å². The number of hydrogen-bond donors (Lipinski definition) is 1. The van der Waals surface area contributed by atoms with E-state index in [1.54, 1.807) is 0 Å². The lowest BCUT2D eigenvalue weighted by Crippen LogP contribution is -2.37. The first kappa shape index (κ1) is 15.0. The van der Waals surface area contributed by atoms with Crippen LogP contribution in [-0.2, 0) is 0 Å². The maximum Gasteiger partial charge on any atom is 0.00104 e. The summed E-state index contributed by atoms with van der Waals surface area (Å²) in [5.74, 6) is 2.04. The third-order valence-corrected chi connectivity index (χ3v) is 4.29. The van der Waals surface area contributed by atoms with Crippen LogP contribution in [0.4, 0.5) is 0 Å². The first-order valence-corrected chi connectivity index (χ1v) is 7.97. The van der Waals surface area contributed by atoms with Gasteiger partial charge in [-0.3, -0.25) is 0 Å². The number of rotatable bonds is 10. The van der Waals surface area contributed by atoms with Crippen molar-refractivity contribution in [2.24, 2.45) is 11.8 Å². The molecule has 1 heteroatoms. The highest BCUT2D eigenvalue weighted by molar-refractivity contribution is 4.82. The molecular weight excluding hydrogens is 206 g/mol. The molecule has 2 atom stereocenters. The molecule has 0 aromatic rings. The van der Waals surface area contributed by atoms with Gasteiger partial charge in [0, 0.05) is 6.04 Å². The van der Waals surface area contributed by atoms with Crippen molar-refractivity contribution >= 4 is 0 Å². The molecule has 1 rings (SSSR count). The highest BCUT2D eigenvalue weighted by Crippen LogP contribution is 2.37. The largest absolute Gasteiger partial charge is 0.314 e. The van der Waals surface area contributed by atoms with Gasteiger partial charge in [-0.25, -0.2) is 0 Å². The summed E-state index contributed by atoms with van der Waals surface area (Å²) in [7, 11) is 0. The van der Waals surface area contributed by atoms with Crippen molar-refractivity contribution in [3.8, 4) is 0 Å². The molecular formula is C16H33N. The predicted octanol–water partition coefficient (Wildman–Crippen LogP) is 4.76. The zero-order valence-electron chi connectivity index (χ0n) is 12.3. The van der Waals surface area contributed by atoms with Crippen molar-refractivity contribution < 1.29 is 0 Å². The van der Waals surface area contributed by atoms with Gasteiger partial charge in [0.05, 0.1) is 0 Å². The van der Waals surface area contributed by atoms with Crippen LogP contribution >= 0.6 is 0 Å². The minimum atomic E-state index is 0.658. The Morgan fingerprint density at radius 2 is 1.59 bits per heavy atom. The topological polar surface area (TPSA) is 12.0 Å². The van der Waals surface area contributed by atoms with Gasteiger partial charge in [0.2, 0.25) is 0 Å². The Kier molecular flexibility index (Phi) is 7.92. The fourth-order valence-corrected chi connectivity index (χ4v) is 2.86. The summed E-state index contributed by atoms with van der Waals surface area (Å²) < 4.78 is 0. The molecule has 0 aromatic heterocycles. The van der Waals surface area contributed by atoms with Gasteiger partial charge in [-0.2, -0.15) is 0 Å². The molecule has 0 spiro atoms. The molecule has 1 nitrogen and oxygen atoms in total. The molecule has 1 aliphatic rings. The fourth-order valence-electron chi connectivity index (χ4n) is 2.86. The Hall–Kier alpha value is -0.0400. The molecule has 17 heavy (non-hydrogen) atoms. The summed E-state index contributed by atoms with van der Waals surface area (Å²) in [5.41, 5.74) is 0. The van der Waals surface area contributed by atoms with Crippen LogP contribution in [0.3, 0.4) is 0 Å². The normalized spacial score (nSPS) is 24.0. The summed E-state index contributed by atoms with van der Waals surface area (Å²) >= 11 is 0. The predicted molar refractivity (Wildman–Crippen MR) is 77.3 cm³/mol. The number of hydrogen-bond acceptors (Lipinski definition) is 1. The van der Waals surface area contributed by atoms with Crippen LogP contribution in [0.5, 0.6) is 0 Å². The lowest BCUT2D eigenvalue weighted by Gasteiger charge is -2.37. The lowest BCUT2D eigenvalue weighted by atomic mass is 9.71. The van der Waals surface area contributed by atoms with E-state index in [0.29, 0.717) is 6.04 Å². The molecule has 1 aliphatic carbocycles. The Morgan fingerprint density at radius 3 is 2.18 bits per heavy atom. The third kappa shape index (κ3) is 6.45. The molecule has 1 fully saturated rings. The van der Waals surface area contributed by atoms with Crippen LogP contribution in [0.15, 0.2) is 0 Å². The average Bonchev–Trinajstić information content (AvgIpc) is 2.26. The highest BCUT2D eigenvalue weighted by Gasteiger charge is 2.29. The fraction of sp³-hybridized carbons (Fsp3) is 1.00. The minimum Gasteiger partial charge on any atom is -0.314 e. The van der Waals surface area contributed by atoms with Crippen molar-refractivity contribution in [3.05, 3.63) is 0 Å². The zero-order chi connectivity index (χ0) is 12.5. The summed E-state index contributed by atoms with van der Waals surface area (Å²) in [5, 5.41) is 3.60. The van der Waals surface area contributed by atoms with Crippen LogP contribution in [0.25, 0.3) is 0 Å². The summed E-state index contributed by atoms with van der Waals surface area (Å²) in [6.07, 6.45) is 13.1. The van der Waals surface area contributed by atoms with Crippen LogP contribution in [0, 0.1) is 11.8 Å². The van der Waals surface area contributed by atoms with Crippen molar-refractivity contribution in [1.82, 2.24) is 5.32 Å². The molecule has 0 radical (unpaired) electrons. The average molecular weight is 239 g/mol. The van der Waals surface area contributed by atoms with Gasteiger partial charge in [-0.15, -0.1) is 0 Å². The van der Waals surface area contributed by atoms with E-state index in [9.17, 15) is 0 Å². The highest BCUT2D eigenvalue weighted by atomic mass is 14.9. The van der Waals surface area contributed by atoms with Gasteiger partial charge in [0.15, 0.2) is 0 Å².